The fraction of sp³-hybridized carbons (Fsp3) is 0.848. The number of nitrogens with zero attached hydrogens (tertiary/aromatic N) is 1. The van der Waals surface area contributed by atoms with Crippen molar-refractivity contribution in [3.63, 3.8) is 0 Å². The molecule has 3 aliphatic rings. The summed E-state index contributed by atoms with van der Waals surface area (Å²) in [4.78, 5) is 51.7. The molecule has 4 unspecified atom stereocenters. The van der Waals surface area contributed by atoms with E-state index in [4.69, 9.17) is 47.4 Å². The van der Waals surface area contributed by atoms with Gasteiger partial charge in [-0.3, -0.25) is 24.1 Å². The molecule has 0 bridgehead atoms. The van der Waals surface area contributed by atoms with Crippen LogP contribution in [0.2, 0.25) is 0 Å². The van der Waals surface area contributed by atoms with Crippen LogP contribution in [0.1, 0.15) is 246 Å². The van der Waals surface area contributed by atoms with Gasteiger partial charge in [0.1, 0.15) is 54.9 Å². The maximum atomic E-state index is 12.9. The van der Waals surface area contributed by atoms with E-state index in [-0.39, 0.29) is 70.9 Å². The first kappa shape index (κ1) is 94.4. The highest BCUT2D eigenvalue weighted by Gasteiger charge is 2.47. The number of hydrogen-bond donors (Lipinski definition) is 10. The second-order valence-corrected chi connectivity index (χ2v) is 27.9. The van der Waals surface area contributed by atoms with Crippen LogP contribution in [0.4, 0.5) is 0 Å². The summed E-state index contributed by atoms with van der Waals surface area (Å²) in [5.41, 5.74) is 0. The van der Waals surface area contributed by atoms with Crippen molar-refractivity contribution in [2.24, 2.45) is 0 Å². The summed E-state index contributed by atoms with van der Waals surface area (Å²) in [6.07, 6.45) is 44.6. The highest BCUT2D eigenvalue weighted by atomic mass is 16.8. The second kappa shape index (κ2) is 63.0. The zero-order chi connectivity index (χ0) is 75.4. The Hall–Kier alpha value is -3.84. The molecule has 0 aliphatic carbocycles. The molecule has 3 heterocycles. The lowest BCUT2D eigenvalue weighted by Crippen LogP contribution is -2.64. The molecule has 0 radical (unpaired) electrons. The number of aliphatic hydroxyl groups excluding tert-OH is 6. The minimum atomic E-state index is -1.40. The number of carbonyl (C=O) groups is 4. The van der Waals surface area contributed by atoms with E-state index in [0.717, 1.165) is 116 Å². The first-order valence-corrected chi connectivity index (χ1v) is 40.2. The van der Waals surface area contributed by atoms with Crippen LogP contribution in [-0.2, 0) is 66.5 Å². The Labute approximate surface area is 624 Å². The van der Waals surface area contributed by atoms with Gasteiger partial charge in [0.05, 0.1) is 85.9 Å². The summed E-state index contributed by atoms with van der Waals surface area (Å²) in [7, 11) is 0. The number of nitrogens with one attached hydrogen (secondary N) is 4. The summed E-state index contributed by atoms with van der Waals surface area (Å²) in [6.45, 7) is 10.9. The van der Waals surface area contributed by atoms with Gasteiger partial charge in [0.25, 0.3) is 0 Å². The summed E-state index contributed by atoms with van der Waals surface area (Å²) >= 11 is 0. The average Bonchev–Trinajstić information content (AvgIpc) is 0.855. The second-order valence-electron chi connectivity index (χ2n) is 27.9. The van der Waals surface area contributed by atoms with Gasteiger partial charge < -0.3 is 99.3 Å². The Bertz CT molecular complexity index is 2110. The van der Waals surface area contributed by atoms with E-state index in [2.05, 4.69) is 88.6 Å². The summed E-state index contributed by atoms with van der Waals surface area (Å²) in [6, 6.07) is -2.06. The Kier molecular flexibility index (Phi) is 57.2. The third kappa shape index (κ3) is 45.2. The topological polar surface area (TPSA) is 333 Å². The van der Waals surface area contributed by atoms with E-state index in [1.807, 2.05) is 0 Å². The molecule has 10 N–H and O–H groups in total. The molecule has 0 spiro atoms. The van der Waals surface area contributed by atoms with E-state index in [1.165, 1.54) is 117 Å². The van der Waals surface area contributed by atoms with Crippen molar-refractivity contribution in [1.82, 2.24) is 26.2 Å². The predicted molar refractivity (Wildman–Crippen MR) is 402 cm³/mol. The highest BCUT2D eigenvalue weighted by molar-refractivity contribution is 5.76. The van der Waals surface area contributed by atoms with Crippen molar-refractivity contribution >= 4 is 23.6 Å². The minimum Gasteiger partial charge on any atom is -0.394 e. The zero-order valence-corrected chi connectivity index (χ0v) is 64.4. The van der Waals surface area contributed by atoms with Crippen LogP contribution in [0.15, 0.2) is 48.6 Å². The van der Waals surface area contributed by atoms with Gasteiger partial charge in [0.2, 0.25) is 23.6 Å². The van der Waals surface area contributed by atoms with E-state index < -0.39 is 92.1 Å². The van der Waals surface area contributed by atoms with Crippen molar-refractivity contribution in [2.75, 3.05) is 112 Å². The van der Waals surface area contributed by atoms with Gasteiger partial charge in [0, 0.05) is 65.7 Å². The highest BCUT2D eigenvalue weighted by Crippen LogP contribution is 2.36. The molecule has 104 heavy (non-hydrogen) atoms. The summed E-state index contributed by atoms with van der Waals surface area (Å²) < 4.78 is 59.1. The molecular weight excluding hydrogens is 1340 g/mol. The van der Waals surface area contributed by atoms with Gasteiger partial charge >= 0.3 is 0 Å². The summed E-state index contributed by atoms with van der Waals surface area (Å²) in [5.74, 6) is -1.57. The third-order valence-electron chi connectivity index (χ3n) is 18.9. The van der Waals surface area contributed by atoms with Gasteiger partial charge in [-0.15, -0.1) is 0 Å². The first-order chi connectivity index (χ1) is 50.7. The minimum absolute atomic E-state index is 0.0363. The number of rotatable bonds is 67. The van der Waals surface area contributed by atoms with Gasteiger partial charge in [-0.2, -0.15) is 0 Å². The van der Waals surface area contributed by atoms with Crippen LogP contribution < -0.4 is 21.3 Å². The molecule has 604 valence electrons. The Morgan fingerprint density at radius 1 is 0.442 bits per heavy atom. The Morgan fingerprint density at radius 3 is 1.18 bits per heavy atom. The fourth-order valence-corrected chi connectivity index (χ4v) is 12.8. The van der Waals surface area contributed by atoms with Crippen LogP contribution in [-0.4, -0.2) is 245 Å². The number of allylic oxidation sites excluding steroid dienone is 8. The number of unbranched alkanes of at least 4 members (excludes halogenated alkanes) is 22. The molecule has 11 atom stereocenters. The lowest BCUT2D eigenvalue weighted by Gasteiger charge is -2.42. The van der Waals surface area contributed by atoms with Crippen LogP contribution >= 0.6 is 0 Å². The smallest absolute Gasteiger partial charge is 0.220 e. The van der Waals surface area contributed by atoms with E-state index in [0.29, 0.717) is 45.8 Å². The molecule has 0 aromatic carbocycles. The van der Waals surface area contributed by atoms with Crippen LogP contribution in [0.3, 0.4) is 0 Å². The maximum absolute atomic E-state index is 12.9. The molecule has 25 nitrogen and oxygen atoms in total. The predicted octanol–water partition coefficient (Wildman–Crippen LogP) is 9.11. The standard InChI is InChI=1S/C79H143N5O20/c1-5-7-9-11-13-15-17-19-21-23-25-27-29-31-33-39-45-79(46-40-34-32-30-28-26-24-22-20-18-16-14-12-10-8-6-2)101-63-70(104-79)84(49-41-35-37-43-68(89)80-47-51-95-53-55-97-57-59-99-77-71(82-64(3)87)75(93)73(91)66(61-85)102-77)50-42-36-38-44-69(90)81-48-52-96-54-56-98-58-60-100-78-72(83-65(4)88)76(94)74(92)67(62-86)103-78/h13-16,19-22,66-67,70-78,85-86,91-94H,5-12,17-18,23-63H2,1-4H3,(H,80,89)(H,81,90)(H,82,87)(H,83,88)/b15-13-,16-14-,21-19-,22-20-/t66?,67?,70-,71?,72?,73+,74+,75-,76-,77-,78-/m1/s1. The van der Waals surface area contributed by atoms with Gasteiger partial charge in [0.15, 0.2) is 18.4 Å². The molecule has 0 aromatic rings. The Balaban J connectivity index is 1.48. The molecule has 0 aromatic heterocycles. The average molecular weight is 1480 g/mol. The van der Waals surface area contributed by atoms with Crippen molar-refractivity contribution in [3.05, 3.63) is 48.6 Å². The van der Waals surface area contributed by atoms with Gasteiger partial charge in [-0.25, -0.2) is 0 Å². The summed E-state index contributed by atoms with van der Waals surface area (Å²) in [5, 5.41) is 71.5. The van der Waals surface area contributed by atoms with Crippen molar-refractivity contribution < 1.29 is 97.2 Å². The lowest BCUT2D eigenvalue weighted by atomic mass is 9.97. The van der Waals surface area contributed by atoms with Gasteiger partial charge in [-0.05, 0) is 103 Å². The molecule has 3 rings (SSSR count). The first-order valence-electron chi connectivity index (χ1n) is 40.2. The molecule has 4 amide bonds. The van der Waals surface area contributed by atoms with Crippen molar-refractivity contribution in [1.29, 1.82) is 0 Å². The van der Waals surface area contributed by atoms with Crippen LogP contribution in [0.25, 0.3) is 0 Å². The maximum Gasteiger partial charge on any atom is 0.220 e. The number of hydrogen-bond acceptors (Lipinski definition) is 21. The number of amides is 4. The van der Waals surface area contributed by atoms with Crippen LogP contribution in [0.5, 0.6) is 0 Å². The lowest BCUT2D eigenvalue weighted by molar-refractivity contribution is -0.272. The number of ether oxygens (including phenoxy) is 10. The number of carbonyl (C=O) groups excluding carboxylic acids is 4. The van der Waals surface area contributed by atoms with Crippen LogP contribution in [0, 0.1) is 0 Å². The normalized spacial score (nSPS) is 22.8. The fourth-order valence-electron chi connectivity index (χ4n) is 12.8. The molecule has 3 fully saturated rings. The van der Waals surface area contributed by atoms with Crippen molar-refractivity contribution in [3.8, 4) is 0 Å². The molecular formula is C79H143N5O20. The van der Waals surface area contributed by atoms with Gasteiger partial charge in [-0.1, -0.05) is 152 Å². The van der Waals surface area contributed by atoms with E-state index in [9.17, 15) is 49.8 Å². The monoisotopic (exact) mass is 1480 g/mol. The molecule has 25 heteroatoms. The Morgan fingerprint density at radius 2 is 0.798 bits per heavy atom. The zero-order valence-electron chi connectivity index (χ0n) is 64.4. The molecule has 3 saturated heterocycles. The molecule has 3 aliphatic heterocycles. The largest absolute Gasteiger partial charge is 0.394 e. The van der Waals surface area contributed by atoms with Crippen molar-refractivity contribution in [2.45, 2.75) is 319 Å². The third-order valence-corrected chi connectivity index (χ3v) is 18.9. The number of aliphatic hydroxyl groups is 6. The van der Waals surface area contributed by atoms with E-state index in [1.54, 1.807) is 0 Å². The SMILES string of the molecule is CCCCC/C=C\C/C=C\CCCCCCCCC1(CCCCCCCC/C=C\C/C=C\CCCCC)OC[C@H](N(CCCCCC(=O)NCCOCCOCCO[C@@H]2OC(CO)[C@H](O)[C@H](O)C2NC(C)=O)CCCCCC(=O)NCCOCCOCCO[C@@H]2OC(CO)[C@H](O)[C@H](O)C2NC(C)=O)O1. The van der Waals surface area contributed by atoms with E-state index >= 15 is 0 Å². The molecule has 0 saturated carbocycles. The quantitative estimate of drug-likeness (QED) is 0.0200.